The largest absolute Gasteiger partial charge is 0.294 e. The number of hydrogen-bond donors (Lipinski definition) is 1. The quantitative estimate of drug-likeness (QED) is 0.674. The third kappa shape index (κ3) is 3.95. The van der Waals surface area contributed by atoms with Crippen LogP contribution in [-0.2, 0) is 10.1 Å². The molecule has 5 nitrogen and oxygen atoms in total. The summed E-state index contributed by atoms with van der Waals surface area (Å²) in [5.41, 5.74) is 1.18. The molecular weight excluding hydrogens is 332 g/mol. The van der Waals surface area contributed by atoms with E-state index in [9.17, 15) is 8.42 Å². The summed E-state index contributed by atoms with van der Waals surface area (Å²) in [6, 6.07) is 12.7. The highest BCUT2D eigenvalue weighted by Gasteiger charge is 2.07. The lowest BCUT2D eigenvalue weighted by atomic mass is 10.3. The predicted molar refractivity (Wildman–Crippen MR) is 74.6 cm³/mol. The van der Waals surface area contributed by atoms with Crippen LogP contribution in [0.5, 0.6) is 0 Å². The molecule has 0 saturated carbocycles. The fraction of sp³-hybridized carbons (Fsp3) is 0. The van der Waals surface area contributed by atoms with Gasteiger partial charge in [0.2, 0.25) is 0 Å². The van der Waals surface area contributed by atoms with E-state index < -0.39 is 10.1 Å². The summed E-state index contributed by atoms with van der Waals surface area (Å²) < 4.78 is 31.5. The molecule has 0 aliphatic rings. The molecule has 0 radical (unpaired) electrons. The van der Waals surface area contributed by atoms with Crippen molar-refractivity contribution in [3.05, 3.63) is 53.0 Å². The van der Waals surface area contributed by atoms with Gasteiger partial charge in [0.1, 0.15) is 0 Å². The number of benzene rings is 2. The second-order valence-electron chi connectivity index (χ2n) is 3.65. The minimum Gasteiger partial charge on any atom is -0.282 e. The molecular formula is C12H9BrN2O3S. The molecule has 19 heavy (non-hydrogen) atoms. The zero-order valence-corrected chi connectivity index (χ0v) is 12.0. The van der Waals surface area contributed by atoms with Crippen LogP contribution in [0.2, 0.25) is 0 Å². The molecule has 2 aromatic carbocycles. The van der Waals surface area contributed by atoms with Gasteiger partial charge in [0.25, 0.3) is 10.1 Å². The van der Waals surface area contributed by atoms with Gasteiger partial charge in [-0.1, -0.05) is 15.9 Å². The smallest absolute Gasteiger partial charge is 0.282 e. The minimum absolute atomic E-state index is 0.171. The van der Waals surface area contributed by atoms with Crippen molar-refractivity contribution in [1.82, 2.24) is 0 Å². The number of hydrogen-bond acceptors (Lipinski definition) is 4. The van der Waals surface area contributed by atoms with Crippen LogP contribution >= 0.6 is 15.9 Å². The van der Waals surface area contributed by atoms with Gasteiger partial charge in [0.05, 0.1) is 16.3 Å². The first-order valence-electron chi connectivity index (χ1n) is 5.20. The molecule has 0 unspecified atom stereocenters. The van der Waals surface area contributed by atoms with E-state index >= 15 is 0 Å². The molecule has 7 heteroatoms. The fourth-order valence-electron chi connectivity index (χ4n) is 1.31. The highest BCUT2D eigenvalue weighted by molar-refractivity contribution is 9.10. The van der Waals surface area contributed by atoms with Crippen LogP contribution in [0.4, 0.5) is 11.4 Å². The van der Waals surface area contributed by atoms with Gasteiger partial charge in [-0.2, -0.15) is 18.6 Å². The van der Waals surface area contributed by atoms with Crippen molar-refractivity contribution >= 4 is 37.4 Å². The van der Waals surface area contributed by atoms with Gasteiger partial charge >= 0.3 is 0 Å². The van der Waals surface area contributed by atoms with Crippen LogP contribution in [0, 0.1) is 0 Å². The summed E-state index contributed by atoms with van der Waals surface area (Å²) in [5, 5.41) is 7.96. The van der Waals surface area contributed by atoms with E-state index in [4.69, 9.17) is 4.55 Å². The summed E-state index contributed by atoms with van der Waals surface area (Å²) in [4.78, 5) is -0.171. The van der Waals surface area contributed by atoms with Crippen LogP contribution in [0.15, 0.2) is 68.1 Å². The lowest BCUT2D eigenvalue weighted by Gasteiger charge is -1.97. The molecule has 0 bridgehead atoms. The van der Waals surface area contributed by atoms with Crippen molar-refractivity contribution in [3.8, 4) is 0 Å². The highest BCUT2D eigenvalue weighted by Crippen LogP contribution is 2.21. The van der Waals surface area contributed by atoms with Crippen LogP contribution in [0.1, 0.15) is 0 Å². The van der Waals surface area contributed by atoms with Gasteiger partial charge < -0.3 is 0 Å². The van der Waals surface area contributed by atoms with Crippen molar-refractivity contribution < 1.29 is 13.0 Å². The Morgan fingerprint density at radius 3 is 1.68 bits per heavy atom. The Labute approximate surface area is 118 Å². The van der Waals surface area contributed by atoms with E-state index in [1.807, 2.05) is 12.1 Å². The third-order valence-electron chi connectivity index (χ3n) is 2.24. The van der Waals surface area contributed by atoms with Crippen molar-refractivity contribution in [2.75, 3.05) is 0 Å². The second kappa shape index (κ2) is 5.60. The molecule has 0 amide bonds. The first kappa shape index (κ1) is 13.9. The SMILES string of the molecule is O=S(=O)(O)c1ccc(N=Nc2ccc(Br)cc2)cc1. The molecule has 0 aromatic heterocycles. The molecule has 0 spiro atoms. The Morgan fingerprint density at radius 2 is 1.26 bits per heavy atom. The average molecular weight is 341 g/mol. The van der Waals surface area contributed by atoms with Gasteiger partial charge in [-0.15, -0.1) is 0 Å². The van der Waals surface area contributed by atoms with E-state index in [0.717, 1.165) is 4.47 Å². The lowest BCUT2D eigenvalue weighted by molar-refractivity contribution is 0.483. The third-order valence-corrected chi connectivity index (χ3v) is 3.64. The summed E-state index contributed by atoms with van der Waals surface area (Å²) in [7, 11) is -4.17. The van der Waals surface area contributed by atoms with Gasteiger partial charge in [-0.05, 0) is 48.5 Å². The molecule has 1 N–H and O–H groups in total. The van der Waals surface area contributed by atoms with Crippen molar-refractivity contribution in [2.45, 2.75) is 4.90 Å². The first-order chi connectivity index (χ1) is 8.95. The van der Waals surface area contributed by atoms with Gasteiger partial charge in [-0.3, -0.25) is 4.55 Å². The average Bonchev–Trinajstić information content (AvgIpc) is 2.37. The molecule has 0 aliphatic heterocycles. The lowest BCUT2D eigenvalue weighted by Crippen LogP contribution is -1.96. The second-order valence-corrected chi connectivity index (χ2v) is 5.98. The molecule has 2 aromatic rings. The highest BCUT2D eigenvalue weighted by atomic mass is 79.9. The Bertz CT molecular complexity index is 695. The molecule has 0 heterocycles. The van der Waals surface area contributed by atoms with Crippen LogP contribution in [0.25, 0.3) is 0 Å². The zero-order valence-electron chi connectivity index (χ0n) is 9.56. The number of nitrogens with zero attached hydrogens (tertiary/aromatic N) is 2. The van der Waals surface area contributed by atoms with Crippen LogP contribution in [0.3, 0.4) is 0 Å². The molecule has 0 atom stereocenters. The maximum Gasteiger partial charge on any atom is 0.294 e. The topological polar surface area (TPSA) is 79.1 Å². The van der Waals surface area contributed by atoms with E-state index in [1.54, 1.807) is 12.1 Å². The van der Waals surface area contributed by atoms with Crippen molar-refractivity contribution in [2.24, 2.45) is 10.2 Å². The maximum atomic E-state index is 10.9. The van der Waals surface area contributed by atoms with Crippen molar-refractivity contribution in [1.29, 1.82) is 0 Å². The maximum absolute atomic E-state index is 10.9. The van der Waals surface area contributed by atoms with E-state index in [2.05, 4.69) is 26.2 Å². The van der Waals surface area contributed by atoms with E-state index in [-0.39, 0.29) is 4.90 Å². The molecule has 0 aliphatic carbocycles. The fourth-order valence-corrected chi connectivity index (χ4v) is 2.05. The molecule has 0 fully saturated rings. The molecule has 98 valence electrons. The summed E-state index contributed by atoms with van der Waals surface area (Å²) in [6.45, 7) is 0. The standard InChI is InChI=1S/C12H9BrN2O3S/c13-9-1-3-10(4-2-9)14-15-11-5-7-12(8-6-11)19(16,17)18/h1-8H,(H,16,17,18). The normalized spacial score (nSPS) is 11.9. The van der Waals surface area contributed by atoms with Crippen molar-refractivity contribution in [3.63, 3.8) is 0 Å². The summed E-state index contributed by atoms with van der Waals surface area (Å²) >= 11 is 3.32. The van der Waals surface area contributed by atoms with Gasteiger partial charge in [0.15, 0.2) is 0 Å². The number of azo groups is 1. The summed E-state index contributed by atoms with van der Waals surface area (Å²) in [6.07, 6.45) is 0. The number of rotatable bonds is 3. The predicted octanol–water partition coefficient (Wildman–Crippen LogP) is 4.11. The number of halogens is 1. The molecule has 2 rings (SSSR count). The first-order valence-corrected chi connectivity index (χ1v) is 7.43. The monoisotopic (exact) mass is 340 g/mol. The van der Waals surface area contributed by atoms with E-state index in [1.165, 1.54) is 24.3 Å². The van der Waals surface area contributed by atoms with Gasteiger partial charge in [0, 0.05) is 4.47 Å². The van der Waals surface area contributed by atoms with Gasteiger partial charge in [-0.25, -0.2) is 0 Å². The Hall–Kier alpha value is -1.57. The Balaban J connectivity index is 2.18. The molecule has 0 saturated heterocycles. The minimum atomic E-state index is -4.17. The Kier molecular flexibility index (Phi) is 4.08. The van der Waals surface area contributed by atoms with Crippen LogP contribution in [-0.4, -0.2) is 13.0 Å². The van der Waals surface area contributed by atoms with E-state index in [0.29, 0.717) is 11.4 Å². The van der Waals surface area contributed by atoms with Crippen LogP contribution < -0.4 is 0 Å². The zero-order chi connectivity index (χ0) is 13.9. The summed E-state index contributed by atoms with van der Waals surface area (Å²) in [5.74, 6) is 0. The Morgan fingerprint density at radius 1 is 0.842 bits per heavy atom.